The number of aromatic nitrogens is 1. The van der Waals surface area contributed by atoms with Crippen LogP contribution in [0.3, 0.4) is 0 Å². The third kappa shape index (κ3) is 4.38. The zero-order valence-corrected chi connectivity index (χ0v) is 19.0. The van der Waals surface area contributed by atoms with E-state index in [1.807, 2.05) is 30.3 Å². The average Bonchev–Trinajstić information content (AvgIpc) is 2.91. The van der Waals surface area contributed by atoms with Gasteiger partial charge in [0.25, 0.3) is 5.69 Å². The second kappa shape index (κ2) is 9.43. The minimum absolute atomic E-state index is 0.0262. The molecule has 2 aliphatic rings. The van der Waals surface area contributed by atoms with Crippen LogP contribution in [-0.2, 0) is 17.8 Å². The Hall–Kier alpha value is -4.45. The van der Waals surface area contributed by atoms with Gasteiger partial charge in [0.05, 0.1) is 28.1 Å². The van der Waals surface area contributed by atoms with Crippen LogP contribution in [0.15, 0.2) is 67.0 Å². The molecule has 2 aliphatic heterocycles. The number of rotatable bonds is 5. The highest BCUT2D eigenvalue weighted by molar-refractivity contribution is 5.82. The van der Waals surface area contributed by atoms with Gasteiger partial charge in [0.1, 0.15) is 6.07 Å². The molecule has 9 heteroatoms. The summed E-state index contributed by atoms with van der Waals surface area (Å²) in [7, 11) is 0. The minimum Gasteiger partial charge on any atom is -0.367 e. The number of nitrogens with zero attached hydrogens (tertiary/aromatic N) is 5. The number of hydrogen-bond donors (Lipinski definition) is 1. The summed E-state index contributed by atoms with van der Waals surface area (Å²) in [5.41, 5.74) is 4.13. The Bertz CT molecular complexity index is 1310. The second-order valence-corrected chi connectivity index (χ2v) is 8.80. The maximum Gasteiger partial charge on any atom is 0.269 e. The molecule has 1 N–H and O–H groups in total. The molecule has 9 nitrogen and oxygen atoms in total. The van der Waals surface area contributed by atoms with E-state index < -0.39 is 10.8 Å². The van der Waals surface area contributed by atoms with Crippen molar-refractivity contribution in [1.82, 2.24) is 10.3 Å². The maximum atomic E-state index is 13.5. The van der Waals surface area contributed by atoms with E-state index in [1.54, 1.807) is 30.6 Å². The molecule has 0 unspecified atom stereocenters. The fourth-order valence-electron chi connectivity index (χ4n) is 5.11. The van der Waals surface area contributed by atoms with Gasteiger partial charge in [-0.15, -0.1) is 0 Å². The van der Waals surface area contributed by atoms with Gasteiger partial charge in [-0.3, -0.25) is 19.9 Å². The van der Waals surface area contributed by atoms with Crippen LogP contribution < -0.4 is 15.1 Å². The molecule has 0 radical (unpaired) electrons. The summed E-state index contributed by atoms with van der Waals surface area (Å²) in [5, 5.41) is 24.0. The quantitative estimate of drug-likeness (QED) is 0.452. The number of carbonyl (C=O) groups is 1. The average molecular weight is 469 g/mol. The van der Waals surface area contributed by atoms with Gasteiger partial charge in [-0.05, 0) is 41.8 Å². The third-order valence-electron chi connectivity index (χ3n) is 6.80. The summed E-state index contributed by atoms with van der Waals surface area (Å²) in [6.07, 6.45) is 3.81. The highest BCUT2D eigenvalue weighted by Crippen LogP contribution is 2.39. The fourth-order valence-corrected chi connectivity index (χ4v) is 5.11. The predicted molar refractivity (Wildman–Crippen MR) is 131 cm³/mol. The minimum atomic E-state index is -0.404. The van der Waals surface area contributed by atoms with Crippen LogP contribution >= 0.6 is 0 Å². The van der Waals surface area contributed by atoms with Crippen molar-refractivity contribution in [2.24, 2.45) is 5.92 Å². The number of piperazine rings is 1. The summed E-state index contributed by atoms with van der Waals surface area (Å²) in [5.74, 6) is -0.505. The Morgan fingerprint density at radius 3 is 2.80 bits per heavy atom. The first kappa shape index (κ1) is 22.3. The summed E-state index contributed by atoms with van der Waals surface area (Å²) < 4.78 is 0. The van der Waals surface area contributed by atoms with Crippen LogP contribution in [0.25, 0.3) is 0 Å². The van der Waals surface area contributed by atoms with Crippen LogP contribution in [0.1, 0.15) is 16.7 Å². The van der Waals surface area contributed by atoms with Crippen LogP contribution in [0.5, 0.6) is 0 Å². The van der Waals surface area contributed by atoms with E-state index in [-0.39, 0.29) is 17.6 Å². The van der Waals surface area contributed by atoms with Crippen molar-refractivity contribution >= 4 is 23.0 Å². The van der Waals surface area contributed by atoms with Crippen molar-refractivity contribution in [2.75, 3.05) is 29.4 Å². The molecule has 0 bridgehead atoms. The lowest BCUT2D eigenvalue weighted by atomic mass is 9.83. The van der Waals surface area contributed by atoms with Gasteiger partial charge in [-0.25, -0.2) is 0 Å². The fraction of sp³-hybridized carbons (Fsp3) is 0.269. The topological polar surface area (TPSA) is 115 Å². The molecular formula is C26H24N6O3. The van der Waals surface area contributed by atoms with Crippen molar-refractivity contribution in [3.8, 4) is 6.07 Å². The molecule has 3 heterocycles. The Morgan fingerprint density at radius 2 is 2.03 bits per heavy atom. The molecule has 1 fully saturated rings. The molecule has 1 amide bonds. The van der Waals surface area contributed by atoms with Crippen molar-refractivity contribution in [2.45, 2.75) is 19.0 Å². The number of hydrogen-bond acceptors (Lipinski definition) is 7. The van der Waals surface area contributed by atoms with Gasteiger partial charge in [-0.2, -0.15) is 5.26 Å². The zero-order valence-electron chi connectivity index (χ0n) is 19.0. The molecule has 5 rings (SSSR count). The normalized spacial score (nSPS) is 18.7. The van der Waals surface area contributed by atoms with E-state index in [1.165, 1.54) is 6.07 Å². The highest BCUT2D eigenvalue weighted by Gasteiger charge is 2.42. The highest BCUT2D eigenvalue weighted by atomic mass is 16.6. The van der Waals surface area contributed by atoms with E-state index in [2.05, 4.69) is 26.2 Å². The van der Waals surface area contributed by atoms with Gasteiger partial charge in [0, 0.05) is 56.4 Å². The molecule has 1 saturated heterocycles. The summed E-state index contributed by atoms with van der Waals surface area (Å²) in [6, 6.07) is 18.3. The van der Waals surface area contributed by atoms with Gasteiger partial charge >= 0.3 is 0 Å². The molecular weight excluding hydrogens is 444 g/mol. The second-order valence-electron chi connectivity index (χ2n) is 8.80. The zero-order chi connectivity index (χ0) is 24.4. The number of nitrogens with one attached hydrogen (secondary N) is 1. The molecule has 3 aromatic rings. The lowest BCUT2D eigenvalue weighted by Gasteiger charge is -2.49. The van der Waals surface area contributed by atoms with Gasteiger partial charge in [0.2, 0.25) is 5.91 Å². The Kier molecular flexibility index (Phi) is 6.02. The lowest BCUT2D eigenvalue weighted by Crippen LogP contribution is -2.61. The Labute approximate surface area is 202 Å². The first-order valence-corrected chi connectivity index (χ1v) is 11.5. The first-order valence-electron chi connectivity index (χ1n) is 11.5. The van der Waals surface area contributed by atoms with Crippen molar-refractivity contribution in [3.63, 3.8) is 0 Å². The number of benzene rings is 2. The van der Waals surface area contributed by atoms with Gasteiger partial charge < -0.3 is 15.1 Å². The number of amides is 1. The number of anilines is 2. The van der Waals surface area contributed by atoms with Crippen molar-refractivity contribution < 1.29 is 9.72 Å². The largest absolute Gasteiger partial charge is 0.367 e. The van der Waals surface area contributed by atoms with Gasteiger partial charge in [0.15, 0.2) is 0 Å². The number of nitro groups is 1. The molecule has 0 aliphatic carbocycles. The van der Waals surface area contributed by atoms with Crippen molar-refractivity contribution in [1.29, 1.82) is 5.26 Å². The maximum absolute atomic E-state index is 13.5. The number of pyridine rings is 1. The van der Waals surface area contributed by atoms with Crippen LogP contribution in [0, 0.1) is 27.4 Å². The lowest BCUT2D eigenvalue weighted by molar-refractivity contribution is -0.384. The van der Waals surface area contributed by atoms with E-state index in [9.17, 15) is 20.2 Å². The molecule has 1 aromatic heterocycles. The molecule has 176 valence electrons. The number of fused-ring (bicyclic) bond motifs is 3. The number of nitriles is 1. The van der Waals surface area contributed by atoms with Gasteiger partial charge in [-0.1, -0.05) is 18.2 Å². The van der Waals surface area contributed by atoms with Crippen LogP contribution in [-0.4, -0.2) is 41.5 Å². The Morgan fingerprint density at radius 1 is 1.17 bits per heavy atom. The number of carbonyl (C=O) groups excluding carboxylic acids is 1. The predicted octanol–water partition coefficient (Wildman–Crippen LogP) is 3.05. The molecule has 35 heavy (non-hydrogen) atoms. The van der Waals surface area contributed by atoms with E-state index in [0.717, 1.165) is 22.5 Å². The van der Waals surface area contributed by atoms with Crippen LogP contribution in [0.4, 0.5) is 17.1 Å². The molecule has 0 spiro atoms. The molecule has 0 saturated carbocycles. The summed E-state index contributed by atoms with van der Waals surface area (Å²) in [4.78, 5) is 32.9. The molecule has 2 atom stereocenters. The van der Waals surface area contributed by atoms with Crippen LogP contribution in [0.2, 0.25) is 0 Å². The monoisotopic (exact) mass is 468 g/mol. The first-order chi connectivity index (χ1) is 17.0. The Balaban J connectivity index is 1.46. The number of para-hydroxylation sites is 1. The third-order valence-corrected chi connectivity index (χ3v) is 6.80. The summed E-state index contributed by atoms with van der Waals surface area (Å²) >= 11 is 0. The number of non-ortho nitro benzene ring substituents is 1. The standard InChI is InChI=1S/C26H24N6O3/c27-14-19-5-1-2-6-23(19)30-10-11-31-24-8-7-21(32(34)35)12-20(24)13-22(25(31)17-30)26(33)29-16-18-4-3-9-28-15-18/h1-9,12,15,22,25H,10-11,13,16-17H2,(H,29,33)/t22-,25+/m1/s1. The molecule has 2 aromatic carbocycles. The van der Waals surface area contributed by atoms with Crippen molar-refractivity contribution in [3.05, 3.63) is 93.8 Å². The van der Waals surface area contributed by atoms with E-state index >= 15 is 0 Å². The van der Waals surface area contributed by atoms with E-state index in [0.29, 0.717) is 38.2 Å². The summed E-state index contributed by atoms with van der Waals surface area (Å²) in [6.45, 7) is 2.25. The van der Waals surface area contributed by atoms with E-state index in [4.69, 9.17) is 0 Å². The smallest absolute Gasteiger partial charge is 0.269 e. The number of nitro benzene ring substituents is 1. The SMILES string of the molecule is N#Cc1ccccc1N1CCN2c3ccc([N+](=O)[O-])cc3C[C@@H](C(=O)NCc3cccnc3)[C@@H]2C1.